The van der Waals surface area contributed by atoms with Crippen LogP contribution in [0.25, 0.3) is 22.3 Å². The minimum Gasteiger partial charge on any atom is -0.461 e. The highest BCUT2D eigenvalue weighted by atomic mass is 79.9. The molecule has 5 nitrogen and oxygen atoms in total. The van der Waals surface area contributed by atoms with Gasteiger partial charge >= 0.3 is 0 Å². The quantitative estimate of drug-likeness (QED) is 0.327. The molecule has 0 radical (unpaired) electrons. The Morgan fingerprint density at radius 3 is 2.69 bits per heavy atom. The molecule has 3 aromatic rings. The highest BCUT2D eigenvalue weighted by molar-refractivity contribution is 9.10. The van der Waals surface area contributed by atoms with Gasteiger partial charge in [-0.2, -0.15) is 5.10 Å². The van der Waals surface area contributed by atoms with Gasteiger partial charge < -0.3 is 14.6 Å². The van der Waals surface area contributed by atoms with Crippen molar-refractivity contribution >= 4 is 49.9 Å². The smallest absolute Gasteiger partial charge is 0.184 e. The number of hydrogen-bond acceptors (Lipinski definition) is 4. The lowest BCUT2D eigenvalue weighted by molar-refractivity contribution is 0.532. The number of rotatable bonds is 5. The zero-order chi connectivity index (χ0) is 18.8. The van der Waals surface area contributed by atoms with E-state index in [4.69, 9.17) is 26.8 Å². The predicted molar refractivity (Wildman–Crippen MR) is 112 cm³/mol. The number of nitrogens with zero attached hydrogens (tertiary/aromatic N) is 1. The molecule has 3 rings (SSSR count). The molecular formula is C19H20BrN3O2S. The molecule has 0 amide bonds. The van der Waals surface area contributed by atoms with Crippen LogP contribution in [0, 0.1) is 13.8 Å². The van der Waals surface area contributed by atoms with Crippen LogP contribution >= 0.6 is 28.1 Å². The Labute approximate surface area is 165 Å². The van der Waals surface area contributed by atoms with Gasteiger partial charge in [-0.15, -0.1) is 0 Å². The minimum atomic E-state index is 0.152. The Hall–Kier alpha value is -2.12. The summed E-state index contributed by atoms with van der Waals surface area (Å²) in [7, 11) is 0. The summed E-state index contributed by atoms with van der Waals surface area (Å²) in [6, 6.07) is 8.11. The van der Waals surface area contributed by atoms with Gasteiger partial charge in [0.15, 0.2) is 5.11 Å². The second-order valence-corrected chi connectivity index (χ2v) is 7.55. The molecular weight excluding hydrogens is 414 g/mol. The van der Waals surface area contributed by atoms with Crippen LogP contribution in [0.1, 0.15) is 30.4 Å². The summed E-state index contributed by atoms with van der Waals surface area (Å²) in [5.74, 6) is 2.54. The van der Waals surface area contributed by atoms with E-state index in [9.17, 15) is 0 Å². The molecule has 2 heterocycles. The van der Waals surface area contributed by atoms with Crippen LogP contribution in [0.2, 0.25) is 0 Å². The molecule has 136 valence electrons. The van der Waals surface area contributed by atoms with Crippen LogP contribution in [0.5, 0.6) is 0 Å². The predicted octanol–water partition coefficient (Wildman–Crippen LogP) is 5.21. The third-order valence-electron chi connectivity index (χ3n) is 4.02. The van der Waals surface area contributed by atoms with Crippen molar-refractivity contribution in [1.29, 1.82) is 0 Å². The number of fused-ring (bicyclic) bond motifs is 1. The summed E-state index contributed by atoms with van der Waals surface area (Å²) < 4.78 is 13.0. The Morgan fingerprint density at radius 1 is 1.27 bits per heavy atom. The summed E-state index contributed by atoms with van der Waals surface area (Å²) >= 11 is 8.38. The molecule has 0 unspecified atom stereocenters. The van der Waals surface area contributed by atoms with E-state index in [1.54, 1.807) is 0 Å². The first-order valence-electron chi connectivity index (χ1n) is 8.22. The van der Waals surface area contributed by atoms with E-state index < -0.39 is 0 Å². The van der Waals surface area contributed by atoms with E-state index >= 15 is 0 Å². The lowest BCUT2D eigenvalue weighted by Gasteiger charge is -2.03. The van der Waals surface area contributed by atoms with Crippen molar-refractivity contribution in [3.8, 4) is 11.3 Å². The normalized spacial score (nSPS) is 11.9. The number of hydrazone groups is 1. The molecule has 0 aliphatic heterocycles. The highest BCUT2D eigenvalue weighted by Crippen LogP contribution is 2.40. The van der Waals surface area contributed by atoms with E-state index in [1.165, 1.54) is 0 Å². The maximum absolute atomic E-state index is 6.19. The van der Waals surface area contributed by atoms with E-state index in [0.29, 0.717) is 12.8 Å². The third kappa shape index (κ3) is 3.99. The average Bonchev–Trinajstić information content (AvgIpc) is 3.14. The summed E-state index contributed by atoms with van der Waals surface area (Å²) in [5.41, 5.74) is 11.9. The fraction of sp³-hybridized carbons (Fsp3) is 0.263. The van der Waals surface area contributed by atoms with Crippen molar-refractivity contribution in [3.05, 3.63) is 45.8 Å². The standard InChI is InChI=1S/C19H20BrN3O2S/c1-10-8-13-17(15-7-5-12(3)24-15)16(25-18(13)14(20)9-10)6-4-11(2)22-23-19(21)26/h5,7-9H,4,6H2,1-3H3,(H3,21,23,26)/b22-11-. The summed E-state index contributed by atoms with van der Waals surface area (Å²) in [6.07, 6.45) is 1.39. The summed E-state index contributed by atoms with van der Waals surface area (Å²) in [5, 5.41) is 5.35. The van der Waals surface area contributed by atoms with Crippen molar-refractivity contribution in [2.45, 2.75) is 33.6 Å². The van der Waals surface area contributed by atoms with Crippen molar-refractivity contribution < 1.29 is 8.83 Å². The van der Waals surface area contributed by atoms with Gasteiger partial charge in [0.2, 0.25) is 0 Å². The zero-order valence-electron chi connectivity index (χ0n) is 14.9. The van der Waals surface area contributed by atoms with E-state index in [-0.39, 0.29) is 5.11 Å². The van der Waals surface area contributed by atoms with Gasteiger partial charge in [0, 0.05) is 17.5 Å². The number of furan rings is 2. The molecule has 0 bridgehead atoms. The molecule has 0 saturated heterocycles. The van der Waals surface area contributed by atoms with Crippen LogP contribution in [-0.2, 0) is 6.42 Å². The topological polar surface area (TPSA) is 76.7 Å². The molecule has 26 heavy (non-hydrogen) atoms. The maximum atomic E-state index is 6.19. The van der Waals surface area contributed by atoms with Gasteiger partial charge in [-0.25, -0.2) is 0 Å². The van der Waals surface area contributed by atoms with Crippen LogP contribution in [-0.4, -0.2) is 10.8 Å². The van der Waals surface area contributed by atoms with Crippen LogP contribution in [0.15, 0.2) is 42.7 Å². The van der Waals surface area contributed by atoms with E-state index in [1.807, 2.05) is 32.0 Å². The van der Waals surface area contributed by atoms with Gasteiger partial charge in [0.25, 0.3) is 0 Å². The van der Waals surface area contributed by atoms with Crippen LogP contribution in [0.3, 0.4) is 0 Å². The van der Waals surface area contributed by atoms with E-state index in [2.05, 4.69) is 39.4 Å². The molecule has 1 aromatic carbocycles. The van der Waals surface area contributed by atoms with Crippen molar-refractivity contribution in [2.24, 2.45) is 10.8 Å². The second-order valence-electron chi connectivity index (χ2n) is 6.26. The molecule has 7 heteroatoms. The first-order chi connectivity index (χ1) is 12.3. The zero-order valence-corrected chi connectivity index (χ0v) is 17.3. The lowest BCUT2D eigenvalue weighted by Crippen LogP contribution is -2.25. The van der Waals surface area contributed by atoms with Gasteiger partial charge in [-0.05, 0) is 85.2 Å². The molecule has 3 N–H and O–H groups in total. The minimum absolute atomic E-state index is 0.152. The van der Waals surface area contributed by atoms with E-state index in [0.717, 1.165) is 49.6 Å². The van der Waals surface area contributed by atoms with Crippen molar-refractivity contribution in [1.82, 2.24) is 5.43 Å². The number of halogens is 1. The van der Waals surface area contributed by atoms with Gasteiger partial charge in [0.1, 0.15) is 22.9 Å². The largest absolute Gasteiger partial charge is 0.461 e. The van der Waals surface area contributed by atoms with Crippen LogP contribution < -0.4 is 11.2 Å². The Balaban J connectivity index is 2.02. The number of aryl methyl sites for hydroxylation is 3. The fourth-order valence-electron chi connectivity index (χ4n) is 2.86. The Bertz CT molecular complexity index is 1000. The molecule has 0 fully saturated rings. The summed E-state index contributed by atoms with van der Waals surface area (Å²) in [4.78, 5) is 0. The SMILES string of the molecule is C/C(CCc1oc2c(Br)cc(C)cc2c1-c1ccc(C)o1)=N/NC(N)=S. The van der Waals surface area contributed by atoms with Crippen LogP contribution in [0.4, 0.5) is 0 Å². The Kier molecular flexibility index (Phi) is 5.48. The number of nitrogens with one attached hydrogen (secondary N) is 1. The number of nitrogens with two attached hydrogens (primary N) is 1. The molecule has 0 spiro atoms. The Morgan fingerprint density at radius 2 is 2.04 bits per heavy atom. The molecule has 0 saturated carbocycles. The number of benzene rings is 1. The van der Waals surface area contributed by atoms with Gasteiger partial charge in [-0.3, -0.25) is 5.43 Å². The number of hydrogen-bond donors (Lipinski definition) is 2. The highest BCUT2D eigenvalue weighted by Gasteiger charge is 2.20. The van der Waals surface area contributed by atoms with Crippen molar-refractivity contribution in [3.63, 3.8) is 0 Å². The molecule has 0 aliphatic rings. The average molecular weight is 434 g/mol. The van der Waals surface area contributed by atoms with Gasteiger partial charge in [-0.1, -0.05) is 0 Å². The first-order valence-corrected chi connectivity index (χ1v) is 9.42. The fourth-order valence-corrected chi connectivity index (χ4v) is 3.56. The van der Waals surface area contributed by atoms with Crippen molar-refractivity contribution in [2.75, 3.05) is 0 Å². The maximum Gasteiger partial charge on any atom is 0.184 e. The molecule has 0 atom stereocenters. The number of thiocarbonyl (C=S) groups is 1. The monoisotopic (exact) mass is 433 g/mol. The first kappa shape index (κ1) is 18.7. The summed E-state index contributed by atoms with van der Waals surface area (Å²) in [6.45, 7) is 5.92. The second kappa shape index (κ2) is 7.63. The molecule has 2 aromatic heterocycles. The third-order valence-corrected chi connectivity index (χ3v) is 4.70. The van der Waals surface area contributed by atoms with Gasteiger partial charge in [0.05, 0.1) is 10.0 Å². The molecule has 0 aliphatic carbocycles. The lowest BCUT2D eigenvalue weighted by atomic mass is 10.0.